The Bertz CT molecular complexity index is 520. The van der Waals surface area contributed by atoms with Crippen molar-refractivity contribution in [2.45, 2.75) is 56.5 Å². The molecule has 0 saturated heterocycles. The van der Waals surface area contributed by atoms with E-state index >= 15 is 0 Å². The molecule has 0 amide bonds. The van der Waals surface area contributed by atoms with Gasteiger partial charge in [-0.05, 0) is 55.8 Å². The highest BCUT2D eigenvalue weighted by atomic mass is 19.4. The van der Waals surface area contributed by atoms with Gasteiger partial charge in [-0.2, -0.15) is 26.3 Å². The third-order valence-electron chi connectivity index (χ3n) is 5.87. The number of esters is 1. The highest BCUT2D eigenvalue weighted by molar-refractivity contribution is 5.89. The summed E-state index contributed by atoms with van der Waals surface area (Å²) < 4.78 is 82.4. The maximum Gasteiger partial charge on any atom is 0.422 e. The van der Waals surface area contributed by atoms with Crippen LogP contribution in [0.5, 0.6) is 0 Å². The van der Waals surface area contributed by atoms with E-state index in [1.807, 2.05) is 0 Å². The Labute approximate surface area is 135 Å². The fraction of sp³-hybridized carbons (Fsp3) is 0.812. The molecule has 136 valence electrons. The first kappa shape index (κ1) is 17.6. The highest BCUT2D eigenvalue weighted by Crippen LogP contribution is 2.62. The highest BCUT2D eigenvalue weighted by Gasteiger charge is 2.63. The van der Waals surface area contributed by atoms with Gasteiger partial charge in [0, 0.05) is 0 Å². The zero-order chi connectivity index (χ0) is 17.9. The van der Waals surface area contributed by atoms with Gasteiger partial charge in [0.2, 0.25) is 0 Å². The molecule has 0 radical (unpaired) electrons. The van der Waals surface area contributed by atoms with E-state index in [0.717, 1.165) is 6.42 Å². The minimum Gasteiger partial charge on any atom is -0.455 e. The molecule has 0 aromatic carbocycles. The van der Waals surface area contributed by atoms with Crippen molar-refractivity contribution in [3.05, 3.63) is 12.2 Å². The molecule has 4 bridgehead atoms. The van der Waals surface area contributed by atoms with Gasteiger partial charge in [-0.3, -0.25) is 0 Å². The number of carbonyl (C=O) groups excluding carboxylic acids is 1. The first-order valence-electron chi connectivity index (χ1n) is 7.97. The van der Waals surface area contributed by atoms with Gasteiger partial charge in [-0.15, -0.1) is 0 Å². The van der Waals surface area contributed by atoms with Crippen LogP contribution in [0, 0.1) is 23.7 Å². The number of halogens is 6. The monoisotopic (exact) mass is 356 g/mol. The molecular weight excluding hydrogens is 338 g/mol. The second-order valence-corrected chi connectivity index (χ2v) is 7.42. The van der Waals surface area contributed by atoms with E-state index in [9.17, 15) is 31.1 Å². The van der Waals surface area contributed by atoms with Crippen LogP contribution in [-0.2, 0) is 9.53 Å². The Balaban J connectivity index is 1.90. The smallest absolute Gasteiger partial charge is 0.422 e. The quantitative estimate of drug-likeness (QED) is 0.413. The Morgan fingerprint density at radius 1 is 0.958 bits per heavy atom. The van der Waals surface area contributed by atoms with Gasteiger partial charge < -0.3 is 4.74 Å². The molecule has 0 aromatic heterocycles. The van der Waals surface area contributed by atoms with E-state index < -0.39 is 47.8 Å². The normalized spacial score (nSPS) is 38.2. The molecule has 2 nitrogen and oxygen atoms in total. The summed E-state index contributed by atoms with van der Waals surface area (Å²) in [5, 5.41) is 0. The molecule has 8 heteroatoms. The Hall–Kier alpha value is -1.21. The summed E-state index contributed by atoms with van der Waals surface area (Å²) in [7, 11) is 0. The van der Waals surface area contributed by atoms with E-state index in [4.69, 9.17) is 4.74 Å². The first-order valence-corrected chi connectivity index (χ1v) is 7.97. The summed E-state index contributed by atoms with van der Waals surface area (Å²) in [4.78, 5) is 11.9. The summed E-state index contributed by atoms with van der Waals surface area (Å²) in [6.07, 6.45) is -8.13. The van der Waals surface area contributed by atoms with E-state index in [1.165, 1.54) is 0 Å². The molecule has 4 rings (SSSR count). The standard InChI is InChI=1S/C16H18F6O2/c1-8(16(20,21)22)13(23)24-14(7-15(17,18)19)11-3-9-2-10(5-11)6-12(14)4-9/h9-12H,1-7H2. The van der Waals surface area contributed by atoms with Crippen molar-refractivity contribution in [3.63, 3.8) is 0 Å². The van der Waals surface area contributed by atoms with Gasteiger partial charge in [0.15, 0.2) is 0 Å². The van der Waals surface area contributed by atoms with Crippen LogP contribution < -0.4 is 0 Å². The molecule has 0 unspecified atom stereocenters. The molecule has 0 aromatic rings. The topological polar surface area (TPSA) is 26.3 Å². The number of rotatable bonds is 3. The second kappa shape index (κ2) is 5.39. The Morgan fingerprint density at radius 2 is 1.42 bits per heavy atom. The molecule has 0 aliphatic heterocycles. The zero-order valence-electron chi connectivity index (χ0n) is 12.8. The van der Waals surface area contributed by atoms with E-state index in [0.29, 0.717) is 37.5 Å². The summed E-state index contributed by atoms with van der Waals surface area (Å²) in [6, 6.07) is 0. The maximum absolute atomic E-state index is 13.2. The van der Waals surface area contributed by atoms with Crippen LogP contribution >= 0.6 is 0 Å². The van der Waals surface area contributed by atoms with Crippen molar-refractivity contribution in [3.8, 4) is 0 Å². The minimum atomic E-state index is -5.01. The first-order chi connectivity index (χ1) is 10.9. The van der Waals surface area contributed by atoms with Crippen LogP contribution in [0.3, 0.4) is 0 Å². The fourth-order valence-electron chi connectivity index (χ4n) is 5.14. The molecule has 0 N–H and O–H groups in total. The average Bonchev–Trinajstić information content (AvgIpc) is 2.40. The summed E-state index contributed by atoms with van der Waals surface area (Å²) >= 11 is 0. The number of hydrogen-bond donors (Lipinski definition) is 0. The largest absolute Gasteiger partial charge is 0.455 e. The van der Waals surface area contributed by atoms with Crippen LogP contribution in [0.15, 0.2) is 12.2 Å². The molecule has 0 heterocycles. The lowest BCUT2D eigenvalue weighted by molar-refractivity contribution is -0.252. The SMILES string of the molecule is C=C(C(=O)OC1(CC(F)(F)F)C2CC3CC(C2)CC1C3)C(F)(F)F. The molecule has 24 heavy (non-hydrogen) atoms. The van der Waals surface area contributed by atoms with E-state index in [1.54, 1.807) is 0 Å². The number of carbonyl (C=O) groups is 1. The molecular formula is C16H18F6O2. The second-order valence-electron chi connectivity index (χ2n) is 7.42. The van der Waals surface area contributed by atoms with Crippen molar-refractivity contribution >= 4 is 5.97 Å². The predicted octanol–water partition coefficient (Wildman–Crippen LogP) is 4.80. The molecule has 0 atom stereocenters. The number of hydrogen-bond acceptors (Lipinski definition) is 2. The lowest BCUT2D eigenvalue weighted by atomic mass is 9.49. The van der Waals surface area contributed by atoms with Gasteiger partial charge in [0.1, 0.15) is 11.2 Å². The molecule has 4 aliphatic carbocycles. The van der Waals surface area contributed by atoms with Crippen LogP contribution in [-0.4, -0.2) is 23.9 Å². The van der Waals surface area contributed by atoms with Gasteiger partial charge in [-0.1, -0.05) is 6.58 Å². The molecule has 4 aliphatic rings. The summed E-state index contributed by atoms with van der Waals surface area (Å²) in [6.45, 7) is 2.66. The third-order valence-corrected chi connectivity index (χ3v) is 5.87. The molecule has 4 saturated carbocycles. The zero-order valence-corrected chi connectivity index (χ0v) is 12.8. The van der Waals surface area contributed by atoms with Crippen LogP contribution in [0.25, 0.3) is 0 Å². The Kier molecular flexibility index (Phi) is 3.96. The lowest BCUT2D eigenvalue weighted by Gasteiger charge is -2.60. The number of alkyl halides is 6. The van der Waals surface area contributed by atoms with E-state index in [-0.39, 0.29) is 0 Å². The van der Waals surface area contributed by atoms with Crippen molar-refractivity contribution in [1.29, 1.82) is 0 Å². The van der Waals surface area contributed by atoms with Crippen LogP contribution in [0.1, 0.15) is 38.5 Å². The Morgan fingerprint density at radius 3 is 1.79 bits per heavy atom. The average molecular weight is 356 g/mol. The van der Waals surface area contributed by atoms with E-state index in [2.05, 4.69) is 6.58 Å². The van der Waals surface area contributed by atoms with Gasteiger partial charge in [0.05, 0.1) is 6.42 Å². The van der Waals surface area contributed by atoms with Crippen molar-refractivity contribution in [2.75, 3.05) is 0 Å². The van der Waals surface area contributed by atoms with Crippen molar-refractivity contribution < 1.29 is 35.9 Å². The lowest BCUT2D eigenvalue weighted by Crippen LogP contribution is -2.61. The van der Waals surface area contributed by atoms with Crippen LogP contribution in [0.2, 0.25) is 0 Å². The van der Waals surface area contributed by atoms with Gasteiger partial charge in [0.25, 0.3) is 0 Å². The van der Waals surface area contributed by atoms with Crippen molar-refractivity contribution in [1.82, 2.24) is 0 Å². The minimum absolute atomic E-state index is 0.290. The van der Waals surface area contributed by atoms with Gasteiger partial charge in [-0.25, -0.2) is 4.79 Å². The molecule has 0 spiro atoms. The summed E-state index contributed by atoms with van der Waals surface area (Å²) in [5.41, 5.74) is -3.63. The van der Waals surface area contributed by atoms with Crippen LogP contribution in [0.4, 0.5) is 26.3 Å². The van der Waals surface area contributed by atoms with Crippen molar-refractivity contribution in [2.24, 2.45) is 23.7 Å². The predicted molar refractivity (Wildman–Crippen MR) is 71.7 cm³/mol. The van der Waals surface area contributed by atoms with Gasteiger partial charge >= 0.3 is 18.3 Å². The fourth-order valence-corrected chi connectivity index (χ4v) is 5.14. The maximum atomic E-state index is 13.2. The summed E-state index contributed by atoms with van der Waals surface area (Å²) in [5.74, 6) is -2.25. The number of ether oxygens (including phenoxy) is 1. The molecule has 4 fully saturated rings. The third kappa shape index (κ3) is 3.04.